The van der Waals surface area contributed by atoms with Gasteiger partial charge in [0.05, 0.1) is 16.9 Å². The van der Waals surface area contributed by atoms with Crippen molar-refractivity contribution in [2.24, 2.45) is 0 Å². The molecule has 0 spiro atoms. The number of carbonyl (C=O) groups excluding carboxylic acids is 2. The second kappa shape index (κ2) is 15.2. The summed E-state index contributed by atoms with van der Waals surface area (Å²) in [5.74, 6) is -0.957. The molecule has 0 aliphatic rings. The fraction of sp³-hybridized carbons (Fsp3) is 0.194. The van der Waals surface area contributed by atoms with Crippen LogP contribution in [0.5, 0.6) is 5.75 Å². The number of aldehydes is 1. The Morgan fingerprint density at radius 2 is 1.39 bits per heavy atom. The maximum Gasteiger partial charge on any atom is 0.307 e. The number of phenols is 1. The van der Waals surface area contributed by atoms with Gasteiger partial charge in [-0.25, -0.2) is 0 Å². The molecule has 0 bridgehead atoms. The van der Waals surface area contributed by atoms with Gasteiger partial charge < -0.3 is 15.5 Å². The van der Waals surface area contributed by atoms with Crippen molar-refractivity contribution in [3.8, 4) is 28.0 Å². The third-order valence-electron chi connectivity index (χ3n) is 5.42. The van der Waals surface area contributed by atoms with Crippen LogP contribution >= 0.6 is 11.3 Å². The van der Waals surface area contributed by atoms with E-state index in [4.69, 9.17) is 5.11 Å². The number of aromatic hydroxyl groups is 1. The Balaban J connectivity index is 0.000000288. The molecule has 38 heavy (non-hydrogen) atoms. The van der Waals surface area contributed by atoms with Crippen molar-refractivity contribution in [2.75, 3.05) is 7.05 Å². The highest BCUT2D eigenvalue weighted by atomic mass is 32.1. The number of nitrogens with one attached hydrogen (secondary N) is 1. The van der Waals surface area contributed by atoms with E-state index in [-0.39, 0.29) is 18.0 Å². The first-order chi connectivity index (χ1) is 18.3. The van der Waals surface area contributed by atoms with Crippen molar-refractivity contribution < 1.29 is 24.6 Å². The minimum absolute atomic E-state index is 0.00691. The molecule has 1 heterocycles. The van der Waals surface area contributed by atoms with Gasteiger partial charge >= 0.3 is 5.97 Å². The third-order valence-corrected chi connectivity index (χ3v) is 6.28. The van der Waals surface area contributed by atoms with Gasteiger partial charge in [-0.1, -0.05) is 68.4 Å². The number of aliphatic carboxylic acids is 1. The Bertz CT molecular complexity index is 1340. The quantitative estimate of drug-likeness (QED) is 0.169. The molecular weight excluding hydrogens is 498 g/mol. The molecule has 0 aliphatic heterocycles. The van der Waals surface area contributed by atoms with Crippen LogP contribution in [0.3, 0.4) is 0 Å². The molecule has 6 nitrogen and oxygen atoms in total. The number of carbonyl (C=O) groups is 3. The molecule has 0 amide bonds. The molecule has 0 radical (unpaired) electrons. The zero-order chi connectivity index (χ0) is 28.1. The van der Waals surface area contributed by atoms with Gasteiger partial charge in [0.25, 0.3) is 0 Å². The van der Waals surface area contributed by atoms with E-state index in [0.29, 0.717) is 10.4 Å². The van der Waals surface area contributed by atoms with Crippen molar-refractivity contribution in [2.45, 2.75) is 33.7 Å². The molecule has 3 aromatic carbocycles. The zero-order valence-corrected chi connectivity index (χ0v) is 22.8. The van der Waals surface area contributed by atoms with Crippen LogP contribution in [0, 0.1) is 0 Å². The summed E-state index contributed by atoms with van der Waals surface area (Å²) >= 11 is 1.42. The van der Waals surface area contributed by atoms with E-state index in [0.717, 1.165) is 46.2 Å². The molecule has 1 aromatic heterocycles. The molecule has 0 saturated heterocycles. The lowest BCUT2D eigenvalue weighted by Crippen LogP contribution is -2.05. The fourth-order valence-electron chi connectivity index (χ4n) is 3.58. The summed E-state index contributed by atoms with van der Waals surface area (Å²) in [6, 6.07) is 22.3. The minimum atomic E-state index is -0.790. The van der Waals surface area contributed by atoms with Crippen molar-refractivity contribution in [1.82, 2.24) is 5.32 Å². The molecule has 0 aliphatic carbocycles. The van der Waals surface area contributed by atoms with Crippen molar-refractivity contribution in [1.29, 1.82) is 0 Å². The van der Waals surface area contributed by atoms with Gasteiger partial charge in [-0.05, 0) is 70.9 Å². The SMILES string of the molecule is CC.CC(=O)c1ccc(-c2ccc(-c3csc(C=O)c3)cc2)cc1O.CNCc1ccc(CC(=O)O)cc1. The Labute approximate surface area is 227 Å². The summed E-state index contributed by atoms with van der Waals surface area (Å²) in [7, 11) is 1.88. The summed E-state index contributed by atoms with van der Waals surface area (Å²) in [6.07, 6.45) is 0.946. The zero-order valence-electron chi connectivity index (χ0n) is 22.0. The highest BCUT2D eigenvalue weighted by molar-refractivity contribution is 7.12. The lowest BCUT2D eigenvalue weighted by Gasteiger charge is -2.06. The fourth-order valence-corrected chi connectivity index (χ4v) is 4.30. The molecule has 7 heteroatoms. The van der Waals surface area contributed by atoms with E-state index in [2.05, 4.69) is 5.32 Å². The summed E-state index contributed by atoms with van der Waals surface area (Å²) in [5.41, 5.74) is 6.16. The highest BCUT2D eigenvalue weighted by Gasteiger charge is 2.09. The number of rotatable bonds is 8. The Kier molecular flexibility index (Phi) is 12.1. The highest BCUT2D eigenvalue weighted by Crippen LogP contribution is 2.30. The number of benzene rings is 3. The van der Waals surface area contributed by atoms with E-state index in [1.807, 2.05) is 86.9 Å². The van der Waals surface area contributed by atoms with Gasteiger partial charge in [-0.15, -0.1) is 11.3 Å². The van der Waals surface area contributed by atoms with Crippen molar-refractivity contribution >= 4 is 29.4 Å². The average Bonchev–Trinajstić information content (AvgIpc) is 3.41. The van der Waals surface area contributed by atoms with Gasteiger partial charge in [0.15, 0.2) is 12.1 Å². The Morgan fingerprint density at radius 3 is 1.87 bits per heavy atom. The molecule has 0 atom stereocenters. The first kappa shape index (κ1) is 30.2. The van der Waals surface area contributed by atoms with Gasteiger partial charge in [0.2, 0.25) is 0 Å². The van der Waals surface area contributed by atoms with Gasteiger partial charge in [-0.2, -0.15) is 0 Å². The average molecular weight is 532 g/mol. The number of carboxylic acids is 1. The summed E-state index contributed by atoms with van der Waals surface area (Å²) in [6.45, 7) is 6.24. The molecule has 3 N–H and O–H groups in total. The number of hydrogen-bond donors (Lipinski definition) is 3. The van der Waals surface area contributed by atoms with E-state index in [1.165, 1.54) is 18.3 Å². The molecule has 0 saturated carbocycles. The monoisotopic (exact) mass is 531 g/mol. The van der Waals surface area contributed by atoms with Gasteiger partial charge in [0, 0.05) is 6.54 Å². The number of carboxylic acid groups (broad SMARTS) is 1. The van der Waals surface area contributed by atoms with E-state index < -0.39 is 5.97 Å². The van der Waals surface area contributed by atoms with E-state index >= 15 is 0 Å². The molecule has 0 fully saturated rings. The largest absolute Gasteiger partial charge is 0.507 e. The summed E-state index contributed by atoms with van der Waals surface area (Å²) < 4.78 is 0. The summed E-state index contributed by atoms with van der Waals surface area (Å²) in [4.78, 5) is 33.2. The van der Waals surface area contributed by atoms with E-state index in [9.17, 15) is 19.5 Å². The van der Waals surface area contributed by atoms with Crippen LogP contribution in [-0.2, 0) is 17.8 Å². The molecule has 4 rings (SSSR count). The third kappa shape index (κ3) is 8.80. The van der Waals surface area contributed by atoms with Crippen LogP contribution in [0.4, 0.5) is 0 Å². The minimum Gasteiger partial charge on any atom is -0.507 e. The van der Waals surface area contributed by atoms with Gasteiger partial charge in [0.1, 0.15) is 5.75 Å². The van der Waals surface area contributed by atoms with Crippen LogP contribution in [-0.4, -0.2) is 35.3 Å². The maximum atomic E-state index is 11.4. The van der Waals surface area contributed by atoms with Crippen LogP contribution in [0.15, 0.2) is 78.2 Å². The Hall–Kier alpha value is -4.07. The topological polar surface area (TPSA) is 104 Å². The number of Topliss-reactive ketones (excluding diaryl/α,β-unsaturated/α-hetero) is 1. The molecule has 0 unspecified atom stereocenters. The van der Waals surface area contributed by atoms with Crippen LogP contribution in [0.1, 0.15) is 51.9 Å². The smallest absolute Gasteiger partial charge is 0.307 e. The summed E-state index contributed by atoms with van der Waals surface area (Å²) in [5, 5.41) is 23.4. The predicted molar refractivity (Wildman–Crippen MR) is 154 cm³/mol. The molecule has 4 aromatic rings. The maximum absolute atomic E-state index is 11.4. The number of phenolic OH excluding ortho intramolecular Hbond substituents is 1. The second-order valence-electron chi connectivity index (χ2n) is 8.14. The first-order valence-electron chi connectivity index (χ1n) is 12.2. The lowest BCUT2D eigenvalue weighted by atomic mass is 9.99. The number of hydrogen-bond acceptors (Lipinski definition) is 6. The second-order valence-corrected chi connectivity index (χ2v) is 9.08. The van der Waals surface area contributed by atoms with E-state index in [1.54, 1.807) is 12.1 Å². The van der Waals surface area contributed by atoms with Crippen molar-refractivity contribution in [3.05, 3.63) is 99.7 Å². The molecular formula is C31H33NO5S. The standard InChI is InChI=1S/C19H14O3S.C10H13NO2.C2H6/c1-12(21)18-7-6-15(9-19(18)22)13-2-4-14(5-3-13)16-8-17(10-20)23-11-16;1-11-7-9-4-2-8(3-5-9)6-10(12)13;1-2/h2-11,22H,1H3;2-5,11H,6-7H2,1H3,(H,12,13);1-2H3. The number of ketones is 1. The lowest BCUT2D eigenvalue weighted by molar-refractivity contribution is -0.136. The number of thiophene rings is 1. The van der Waals surface area contributed by atoms with Crippen molar-refractivity contribution in [3.63, 3.8) is 0 Å². The van der Waals surface area contributed by atoms with Crippen LogP contribution < -0.4 is 5.32 Å². The predicted octanol–water partition coefficient (Wildman–Crippen LogP) is 6.86. The van der Waals surface area contributed by atoms with Crippen LogP contribution in [0.2, 0.25) is 0 Å². The Morgan fingerprint density at radius 1 is 0.842 bits per heavy atom. The normalized spacial score (nSPS) is 9.89. The first-order valence-corrected chi connectivity index (χ1v) is 13.1. The molecule has 198 valence electrons. The van der Waals surface area contributed by atoms with Crippen LogP contribution in [0.25, 0.3) is 22.3 Å². The van der Waals surface area contributed by atoms with Gasteiger partial charge in [-0.3, -0.25) is 14.4 Å².